The molecule has 0 heterocycles. The van der Waals surface area contributed by atoms with Crippen LogP contribution in [-0.4, -0.2) is 36.0 Å². The highest BCUT2D eigenvalue weighted by Gasteiger charge is 2.26. The van der Waals surface area contributed by atoms with Gasteiger partial charge in [0.25, 0.3) is 0 Å². The van der Waals surface area contributed by atoms with Crippen LogP contribution >= 0.6 is 0 Å². The van der Waals surface area contributed by atoms with Crippen LogP contribution in [0.4, 0.5) is 0 Å². The van der Waals surface area contributed by atoms with Crippen molar-refractivity contribution in [2.75, 3.05) is 13.1 Å². The van der Waals surface area contributed by atoms with Gasteiger partial charge in [0.1, 0.15) is 0 Å². The minimum absolute atomic E-state index is 0.256. The smallest absolute Gasteiger partial charge is 0.309 e. The van der Waals surface area contributed by atoms with Gasteiger partial charge >= 0.3 is 11.8 Å². The summed E-state index contributed by atoms with van der Waals surface area (Å²) in [4.78, 5) is 23.0. The van der Waals surface area contributed by atoms with Crippen LogP contribution in [0.15, 0.2) is 0 Å². The van der Waals surface area contributed by atoms with Crippen LogP contribution in [-0.2, 0) is 9.59 Å². The molecule has 0 aromatic carbocycles. The van der Waals surface area contributed by atoms with Gasteiger partial charge in [0.15, 0.2) is 0 Å². The molecule has 0 aliphatic rings. The fraction of sp³-hybridized carbons (Fsp3) is 0.800. The van der Waals surface area contributed by atoms with Crippen LogP contribution in [0.3, 0.4) is 0 Å². The zero-order chi connectivity index (χ0) is 13.0. The van der Waals surface area contributed by atoms with Crippen molar-refractivity contribution in [3.8, 4) is 0 Å². The van der Waals surface area contributed by atoms with Gasteiger partial charge in [-0.25, -0.2) is 0 Å². The van der Waals surface area contributed by atoms with Crippen LogP contribution in [0.25, 0.3) is 0 Å². The maximum Gasteiger partial charge on any atom is 0.309 e. The Hall–Kier alpha value is -1.14. The van der Waals surface area contributed by atoms with E-state index in [-0.39, 0.29) is 13.1 Å². The third kappa shape index (κ3) is 5.09. The van der Waals surface area contributed by atoms with Crippen molar-refractivity contribution >= 4 is 11.8 Å². The summed E-state index contributed by atoms with van der Waals surface area (Å²) in [6.07, 6.45) is 0. The van der Waals surface area contributed by atoms with Crippen molar-refractivity contribution in [2.45, 2.75) is 38.8 Å². The number of nitrogens with one attached hydrogen (secondary N) is 2. The maximum absolute atomic E-state index is 11.5. The fourth-order valence-corrected chi connectivity index (χ4v) is 0.830. The summed E-state index contributed by atoms with van der Waals surface area (Å²) in [6, 6.07) is 0. The third-order valence-electron chi connectivity index (χ3n) is 2.13. The fourth-order valence-electron chi connectivity index (χ4n) is 0.830. The predicted octanol–water partition coefficient (Wildman–Crippen LogP) is -1.31. The molecule has 0 aromatic rings. The Morgan fingerprint density at radius 1 is 0.875 bits per heavy atom. The van der Waals surface area contributed by atoms with E-state index >= 15 is 0 Å². The van der Waals surface area contributed by atoms with E-state index in [4.69, 9.17) is 11.5 Å². The normalized spacial score (nSPS) is 12.1. The lowest BCUT2D eigenvalue weighted by Crippen LogP contribution is -2.57. The molecule has 0 aliphatic heterocycles. The molecule has 0 saturated heterocycles. The van der Waals surface area contributed by atoms with Crippen molar-refractivity contribution < 1.29 is 9.59 Å². The van der Waals surface area contributed by atoms with Gasteiger partial charge in [-0.2, -0.15) is 0 Å². The number of amides is 2. The number of hydrogen-bond donors (Lipinski definition) is 4. The predicted molar refractivity (Wildman–Crippen MR) is 62.6 cm³/mol. The monoisotopic (exact) mass is 230 g/mol. The largest absolute Gasteiger partial charge is 0.342 e. The Labute approximate surface area is 96.1 Å². The van der Waals surface area contributed by atoms with Gasteiger partial charge in [-0.05, 0) is 27.7 Å². The number of carbonyl (C=O) groups is 2. The summed E-state index contributed by atoms with van der Waals surface area (Å²) >= 11 is 0. The van der Waals surface area contributed by atoms with Crippen LogP contribution in [0.5, 0.6) is 0 Å². The molecule has 0 atom stereocenters. The molecule has 6 heteroatoms. The van der Waals surface area contributed by atoms with Crippen LogP contribution in [0, 0.1) is 0 Å². The first-order valence-electron chi connectivity index (χ1n) is 5.18. The second-order valence-electron chi connectivity index (χ2n) is 5.08. The van der Waals surface area contributed by atoms with E-state index in [0.29, 0.717) is 0 Å². The summed E-state index contributed by atoms with van der Waals surface area (Å²) in [5.74, 6) is -1.39. The van der Waals surface area contributed by atoms with Crippen LogP contribution < -0.4 is 22.1 Å². The molecule has 0 radical (unpaired) electrons. The Balaban J connectivity index is 4.37. The quantitative estimate of drug-likeness (QED) is 0.449. The van der Waals surface area contributed by atoms with Gasteiger partial charge in [-0.1, -0.05) is 0 Å². The molecule has 0 rings (SSSR count). The van der Waals surface area contributed by atoms with E-state index in [1.807, 2.05) is 0 Å². The average Bonchev–Trinajstić information content (AvgIpc) is 2.16. The molecule has 0 aromatic heterocycles. The first kappa shape index (κ1) is 14.9. The molecule has 0 aliphatic carbocycles. The first-order chi connectivity index (χ1) is 7.13. The zero-order valence-electron chi connectivity index (χ0n) is 10.4. The van der Waals surface area contributed by atoms with Gasteiger partial charge in [0, 0.05) is 24.2 Å². The van der Waals surface area contributed by atoms with Crippen molar-refractivity contribution in [1.82, 2.24) is 10.6 Å². The molecule has 0 bridgehead atoms. The summed E-state index contributed by atoms with van der Waals surface area (Å²) < 4.78 is 0. The molecular formula is C10H22N4O2. The molecular weight excluding hydrogens is 208 g/mol. The van der Waals surface area contributed by atoms with Gasteiger partial charge in [0.05, 0.1) is 0 Å². The van der Waals surface area contributed by atoms with Crippen LogP contribution in [0.1, 0.15) is 27.7 Å². The molecule has 0 unspecified atom stereocenters. The molecule has 0 spiro atoms. The number of hydrogen-bond acceptors (Lipinski definition) is 4. The summed E-state index contributed by atoms with van der Waals surface area (Å²) in [6.45, 7) is 7.48. The maximum atomic E-state index is 11.5. The summed E-state index contributed by atoms with van der Waals surface area (Å²) in [5.41, 5.74) is 9.69. The van der Waals surface area contributed by atoms with Gasteiger partial charge < -0.3 is 22.1 Å². The molecule has 2 amide bonds. The lowest BCUT2D eigenvalue weighted by Gasteiger charge is -2.27. The van der Waals surface area contributed by atoms with E-state index < -0.39 is 22.9 Å². The second-order valence-corrected chi connectivity index (χ2v) is 5.08. The molecule has 6 N–H and O–H groups in total. The zero-order valence-corrected chi connectivity index (χ0v) is 10.4. The molecule has 94 valence electrons. The van der Waals surface area contributed by atoms with E-state index in [2.05, 4.69) is 10.6 Å². The lowest BCUT2D eigenvalue weighted by molar-refractivity contribution is -0.141. The molecule has 6 nitrogen and oxygen atoms in total. The Kier molecular flexibility index (Phi) is 4.89. The highest BCUT2D eigenvalue weighted by atomic mass is 16.2. The SMILES string of the molecule is CC(C)(CN)NC(=O)C(=O)NC(C)(C)CN. The van der Waals surface area contributed by atoms with E-state index in [0.717, 1.165) is 0 Å². The Morgan fingerprint density at radius 3 is 1.31 bits per heavy atom. The van der Waals surface area contributed by atoms with Crippen molar-refractivity contribution in [1.29, 1.82) is 0 Å². The molecule has 16 heavy (non-hydrogen) atoms. The Morgan fingerprint density at radius 2 is 1.12 bits per heavy atom. The third-order valence-corrected chi connectivity index (χ3v) is 2.13. The topological polar surface area (TPSA) is 110 Å². The first-order valence-corrected chi connectivity index (χ1v) is 5.18. The summed E-state index contributed by atoms with van der Waals surface area (Å²) in [7, 11) is 0. The number of nitrogens with two attached hydrogens (primary N) is 2. The second kappa shape index (κ2) is 5.27. The minimum atomic E-state index is -0.697. The van der Waals surface area contributed by atoms with E-state index in [1.54, 1.807) is 27.7 Å². The average molecular weight is 230 g/mol. The molecule has 0 fully saturated rings. The Bertz CT molecular complexity index is 246. The highest BCUT2D eigenvalue weighted by molar-refractivity contribution is 6.35. The van der Waals surface area contributed by atoms with Gasteiger partial charge in [0.2, 0.25) is 0 Å². The van der Waals surface area contributed by atoms with Crippen molar-refractivity contribution in [3.05, 3.63) is 0 Å². The van der Waals surface area contributed by atoms with E-state index in [9.17, 15) is 9.59 Å². The minimum Gasteiger partial charge on any atom is -0.342 e. The number of rotatable bonds is 4. The van der Waals surface area contributed by atoms with Gasteiger partial charge in [-0.3, -0.25) is 9.59 Å². The summed E-state index contributed by atoms with van der Waals surface area (Å²) in [5, 5.41) is 5.07. The van der Waals surface area contributed by atoms with Crippen molar-refractivity contribution in [2.24, 2.45) is 11.5 Å². The standard InChI is InChI=1S/C10H22N4O2/c1-9(2,5-11)13-7(15)8(16)14-10(3,4)6-12/h5-6,11-12H2,1-4H3,(H,13,15)(H,14,16). The van der Waals surface area contributed by atoms with Crippen molar-refractivity contribution in [3.63, 3.8) is 0 Å². The van der Waals surface area contributed by atoms with Gasteiger partial charge in [-0.15, -0.1) is 0 Å². The number of carbonyl (C=O) groups excluding carboxylic acids is 2. The highest BCUT2D eigenvalue weighted by Crippen LogP contribution is 2.00. The molecule has 0 saturated carbocycles. The lowest BCUT2D eigenvalue weighted by atomic mass is 10.1. The van der Waals surface area contributed by atoms with Crippen LogP contribution in [0.2, 0.25) is 0 Å². The van der Waals surface area contributed by atoms with E-state index in [1.165, 1.54) is 0 Å².